The third kappa shape index (κ3) is 16.3. The lowest BCUT2D eigenvalue weighted by Gasteiger charge is -2.10. The maximum Gasteiger partial charge on any atom is 0.306 e. The number of carbonyl (C=O) groups excluding carboxylic acids is 3. The second-order valence-electron chi connectivity index (χ2n) is 13.6. The molecule has 0 aliphatic rings. The van der Waals surface area contributed by atoms with Gasteiger partial charge in [-0.3, -0.25) is 19.4 Å². The molecule has 2 aromatic carbocycles. The summed E-state index contributed by atoms with van der Waals surface area (Å²) in [6.07, 6.45) is 21.0. The number of ether oxygens (including phenoxy) is 3. The molecule has 0 aliphatic heterocycles. The fourth-order valence-corrected chi connectivity index (χ4v) is 6.97. The molecule has 11 nitrogen and oxygen atoms in total. The Hall–Kier alpha value is -4.45. The van der Waals surface area contributed by atoms with E-state index in [0.717, 1.165) is 24.8 Å². The minimum Gasteiger partial charge on any atom is -0.493 e. The number of hydrogen-bond donors (Lipinski definition) is 2. The zero-order chi connectivity index (χ0) is 39.0. The molecule has 3 aromatic rings. The summed E-state index contributed by atoms with van der Waals surface area (Å²) in [7, 11) is -1.11. The summed E-state index contributed by atoms with van der Waals surface area (Å²) in [6, 6.07) is 13.7. The molecule has 3 rings (SSSR count). The van der Waals surface area contributed by atoms with Crippen LogP contribution in [0.5, 0.6) is 11.5 Å². The Labute approximate surface area is 322 Å². The van der Waals surface area contributed by atoms with Crippen LogP contribution in [0, 0.1) is 0 Å². The number of nitrogens with one attached hydrogen (secondary N) is 2. The van der Waals surface area contributed by atoms with Crippen molar-refractivity contribution in [3.05, 3.63) is 83.2 Å². The van der Waals surface area contributed by atoms with Gasteiger partial charge < -0.3 is 19.5 Å². The van der Waals surface area contributed by atoms with E-state index in [0.29, 0.717) is 36.6 Å². The number of carbonyl (C=O) groups is 3. The fourth-order valence-electron chi connectivity index (χ4n) is 6.00. The zero-order valence-corrected chi connectivity index (χ0v) is 33.1. The van der Waals surface area contributed by atoms with Gasteiger partial charge in [0, 0.05) is 24.7 Å². The lowest BCUT2D eigenvalue weighted by Crippen LogP contribution is -2.31. The molecule has 2 N–H and O–H groups in total. The van der Waals surface area contributed by atoms with Crippen molar-refractivity contribution in [2.45, 2.75) is 128 Å². The molecule has 0 bridgehead atoms. The first-order valence-electron chi connectivity index (χ1n) is 19.4. The molecule has 296 valence electrons. The van der Waals surface area contributed by atoms with Crippen molar-refractivity contribution >= 4 is 27.8 Å². The number of esters is 1. The Bertz CT molecular complexity index is 1680. The number of rotatable bonds is 27. The van der Waals surface area contributed by atoms with Gasteiger partial charge in [-0.15, -0.1) is 0 Å². The highest BCUT2D eigenvalue weighted by Gasteiger charge is 2.20. The van der Waals surface area contributed by atoms with Crippen molar-refractivity contribution in [2.75, 3.05) is 20.8 Å². The fraction of sp³-hybridized carbons (Fsp3) is 0.524. The molecule has 1 aromatic heterocycles. The second kappa shape index (κ2) is 24.8. The quantitative estimate of drug-likeness (QED) is 0.0575. The van der Waals surface area contributed by atoms with Gasteiger partial charge in [-0.1, -0.05) is 103 Å². The average Bonchev–Trinajstić information content (AvgIpc) is 3.18. The van der Waals surface area contributed by atoms with Crippen LogP contribution >= 0.6 is 0 Å². The lowest BCUT2D eigenvalue weighted by atomic mass is 10.0. The van der Waals surface area contributed by atoms with Gasteiger partial charge in [-0.2, -0.15) is 0 Å². The summed E-state index contributed by atoms with van der Waals surface area (Å²) in [5, 5.41) is 2.81. The Kier molecular flexibility index (Phi) is 20.2. The molecule has 0 radical (unpaired) electrons. The van der Waals surface area contributed by atoms with E-state index in [1.165, 1.54) is 120 Å². The molecule has 54 heavy (non-hydrogen) atoms. The zero-order valence-electron chi connectivity index (χ0n) is 32.3. The van der Waals surface area contributed by atoms with E-state index >= 15 is 0 Å². The maximum absolute atomic E-state index is 12.9. The van der Waals surface area contributed by atoms with Crippen molar-refractivity contribution in [2.24, 2.45) is 0 Å². The smallest absolute Gasteiger partial charge is 0.306 e. The van der Waals surface area contributed by atoms with E-state index in [-0.39, 0.29) is 34.5 Å². The van der Waals surface area contributed by atoms with Crippen LogP contribution in [-0.2, 0) is 32.6 Å². The molecule has 0 saturated carbocycles. The highest BCUT2D eigenvalue weighted by Crippen LogP contribution is 2.27. The molecule has 0 saturated heterocycles. The molecular weight excluding hydrogens is 707 g/mol. The SMILES string of the molecule is CCCCCCCCCCCCCCCCCC(=O)OCc1ccc(C(=O)NS(=O)(=O)c2ccc(C(=O)NCCc3ccc(OC)c(OC)c3)cc2)cn1. The number of methoxy groups -OCH3 is 2. The lowest BCUT2D eigenvalue weighted by molar-refractivity contribution is -0.145. The molecule has 0 atom stereocenters. The van der Waals surface area contributed by atoms with Crippen LogP contribution < -0.4 is 19.5 Å². The van der Waals surface area contributed by atoms with E-state index in [9.17, 15) is 22.8 Å². The van der Waals surface area contributed by atoms with E-state index in [2.05, 4.69) is 17.2 Å². The number of nitrogens with zero attached hydrogens (tertiary/aromatic N) is 1. The summed E-state index contributed by atoms with van der Waals surface area (Å²) in [5.41, 5.74) is 1.68. The van der Waals surface area contributed by atoms with Crippen LogP contribution in [0.1, 0.15) is 142 Å². The summed E-state index contributed by atoms with van der Waals surface area (Å²) in [4.78, 5) is 41.5. The molecule has 0 fully saturated rings. The summed E-state index contributed by atoms with van der Waals surface area (Å²) < 4.78 is 43.7. The molecular formula is C42H59N3O8S. The molecule has 0 aliphatic carbocycles. The monoisotopic (exact) mass is 765 g/mol. The summed E-state index contributed by atoms with van der Waals surface area (Å²) >= 11 is 0. The maximum atomic E-state index is 12.9. The molecule has 0 unspecified atom stereocenters. The van der Waals surface area contributed by atoms with E-state index in [1.54, 1.807) is 20.3 Å². The number of hydrogen-bond acceptors (Lipinski definition) is 9. The standard InChI is InChI=1S/C42H59N3O8S/c1-4-5-6-7-8-9-10-11-12-13-14-15-16-17-18-19-40(46)53-32-36-24-21-35(31-44-36)42(48)45-54(49,50)37-25-22-34(23-26-37)41(47)43-29-28-33-20-27-38(51-2)39(30-33)52-3/h20-27,30-31H,4-19,28-29,32H2,1-3H3,(H,43,47)(H,45,48). The number of amides is 2. The number of aromatic nitrogens is 1. The normalized spacial score (nSPS) is 11.2. The topological polar surface area (TPSA) is 150 Å². The minimum absolute atomic E-state index is 0.0249. The molecule has 1 heterocycles. The first-order valence-corrected chi connectivity index (χ1v) is 20.9. The molecule has 12 heteroatoms. The van der Waals surface area contributed by atoms with Crippen LogP contribution in [-0.4, -0.2) is 51.9 Å². The van der Waals surface area contributed by atoms with Gasteiger partial charge in [-0.05, 0) is 66.9 Å². The van der Waals surface area contributed by atoms with Gasteiger partial charge in [0.25, 0.3) is 21.8 Å². The van der Waals surface area contributed by atoms with Crippen LogP contribution in [0.3, 0.4) is 0 Å². The second-order valence-corrected chi connectivity index (χ2v) is 15.2. The predicted octanol–water partition coefficient (Wildman–Crippen LogP) is 8.49. The van der Waals surface area contributed by atoms with Crippen LogP contribution in [0.2, 0.25) is 0 Å². The number of benzene rings is 2. The van der Waals surface area contributed by atoms with Gasteiger partial charge in [0.1, 0.15) is 6.61 Å². The van der Waals surface area contributed by atoms with Gasteiger partial charge in [0.2, 0.25) is 0 Å². The third-order valence-electron chi connectivity index (χ3n) is 9.25. The van der Waals surface area contributed by atoms with Crippen LogP contribution in [0.15, 0.2) is 65.7 Å². The first kappa shape index (κ1) is 44.0. The molecule has 2 amide bonds. The van der Waals surface area contributed by atoms with Crippen molar-refractivity contribution < 1.29 is 37.0 Å². The summed E-state index contributed by atoms with van der Waals surface area (Å²) in [6.45, 7) is 2.57. The van der Waals surface area contributed by atoms with Crippen LogP contribution in [0.4, 0.5) is 0 Å². The first-order chi connectivity index (χ1) is 26.2. The Balaban J connectivity index is 1.29. The van der Waals surface area contributed by atoms with Gasteiger partial charge in [0.15, 0.2) is 11.5 Å². The third-order valence-corrected chi connectivity index (χ3v) is 10.6. The predicted molar refractivity (Wildman–Crippen MR) is 210 cm³/mol. The number of pyridine rings is 1. The van der Waals surface area contributed by atoms with Gasteiger partial charge >= 0.3 is 5.97 Å². The Morgan fingerprint density at radius 3 is 1.80 bits per heavy atom. The van der Waals surface area contributed by atoms with Gasteiger partial charge in [-0.25, -0.2) is 13.1 Å². The van der Waals surface area contributed by atoms with Gasteiger partial charge in [0.05, 0.1) is 30.4 Å². The van der Waals surface area contributed by atoms with Crippen molar-refractivity contribution in [3.63, 3.8) is 0 Å². The number of sulfonamides is 1. The molecule has 0 spiro atoms. The highest BCUT2D eigenvalue weighted by atomic mass is 32.2. The van der Waals surface area contributed by atoms with Crippen molar-refractivity contribution in [3.8, 4) is 11.5 Å². The highest BCUT2D eigenvalue weighted by molar-refractivity contribution is 7.90. The van der Waals surface area contributed by atoms with Crippen LogP contribution in [0.25, 0.3) is 0 Å². The average molecular weight is 766 g/mol. The van der Waals surface area contributed by atoms with E-state index in [4.69, 9.17) is 14.2 Å². The number of unbranched alkanes of at least 4 members (excludes halogenated alkanes) is 14. The Morgan fingerprint density at radius 2 is 1.24 bits per heavy atom. The van der Waals surface area contributed by atoms with Crippen molar-refractivity contribution in [1.82, 2.24) is 15.0 Å². The Morgan fingerprint density at radius 1 is 0.667 bits per heavy atom. The van der Waals surface area contributed by atoms with Crippen molar-refractivity contribution in [1.29, 1.82) is 0 Å². The van der Waals surface area contributed by atoms with E-state index in [1.807, 2.05) is 16.9 Å². The summed E-state index contributed by atoms with van der Waals surface area (Å²) in [5.74, 6) is -0.322. The largest absolute Gasteiger partial charge is 0.493 e. The minimum atomic E-state index is -4.22. The van der Waals surface area contributed by atoms with E-state index < -0.39 is 15.9 Å².